The number of nitrogens with one attached hydrogen (secondary N) is 1. The second kappa shape index (κ2) is 5.98. The molecule has 1 aliphatic rings. The minimum absolute atomic E-state index is 0.00158. The fraction of sp³-hybridized carbons (Fsp3) is 0.250. The van der Waals surface area contributed by atoms with E-state index >= 15 is 0 Å². The van der Waals surface area contributed by atoms with Crippen molar-refractivity contribution < 1.29 is 4.79 Å². The number of likely N-dealkylation sites (tertiary alicyclic amines) is 1. The van der Waals surface area contributed by atoms with Crippen LogP contribution >= 0.6 is 11.3 Å². The molecule has 1 fully saturated rings. The lowest BCUT2D eigenvalue weighted by Gasteiger charge is -2.09. The van der Waals surface area contributed by atoms with Crippen molar-refractivity contribution in [2.75, 3.05) is 18.4 Å². The van der Waals surface area contributed by atoms with E-state index in [1.165, 1.54) is 11.3 Å². The minimum atomic E-state index is -0.0508. The first kappa shape index (κ1) is 13.7. The zero-order chi connectivity index (χ0) is 14.7. The van der Waals surface area contributed by atoms with Gasteiger partial charge in [0, 0.05) is 25.3 Å². The first-order valence-electron chi connectivity index (χ1n) is 6.79. The summed E-state index contributed by atoms with van der Waals surface area (Å²) in [7, 11) is 0. The predicted molar refractivity (Wildman–Crippen MR) is 84.7 cm³/mol. The van der Waals surface area contributed by atoms with Crippen molar-refractivity contribution in [3.63, 3.8) is 0 Å². The van der Waals surface area contributed by atoms with Gasteiger partial charge in [0.15, 0.2) is 5.13 Å². The van der Waals surface area contributed by atoms with Crippen LogP contribution in [0, 0.1) is 18.4 Å². The second-order valence-electron chi connectivity index (χ2n) is 4.95. The Hall–Kier alpha value is -2.32. The summed E-state index contributed by atoms with van der Waals surface area (Å²) in [6.07, 6.45) is 7.94. The van der Waals surface area contributed by atoms with Gasteiger partial charge in [-0.25, -0.2) is 4.98 Å². The molecule has 0 aliphatic carbocycles. The molecule has 4 nitrogen and oxygen atoms in total. The van der Waals surface area contributed by atoms with Gasteiger partial charge in [0.25, 0.3) is 0 Å². The summed E-state index contributed by atoms with van der Waals surface area (Å²) < 4.78 is 0. The molecule has 2 heterocycles. The highest BCUT2D eigenvalue weighted by atomic mass is 32.1. The number of carbonyl (C=O) groups excluding carboxylic acids is 1. The number of hydrogen-bond acceptors (Lipinski definition) is 4. The Labute approximate surface area is 127 Å². The Bertz CT molecular complexity index is 674. The molecule has 106 valence electrons. The molecule has 0 saturated carbocycles. The van der Waals surface area contributed by atoms with Crippen LogP contribution in [-0.4, -0.2) is 28.9 Å². The molecule has 0 unspecified atom stereocenters. The van der Waals surface area contributed by atoms with Gasteiger partial charge in [0.1, 0.15) is 0 Å². The standard InChI is InChI=1S/C16H15N3OS/c1-2-19-9-8-13(11-19)15(20)18-16-17-10-14(21-16)12-6-4-3-5-7-12/h1,3-7,10,13H,8-9,11H2,(H,17,18,20)/t13-/m0/s1. The van der Waals surface area contributed by atoms with Crippen molar-refractivity contribution >= 4 is 22.4 Å². The van der Waals surface area contributed by atoms with E-state index in [1.54, 1.807) is 6.20 Å². The highest BCUT2D eigenvalue weighted by Crippen LogP contribution is 2.29. The summed E-state index contributed by atoms with van der Waals surface area (Å²) in [5.74, 6) is -0.0492. The maximum Gasteiger partial charge on any atom is 0.231 e. The number of rotatable bonds is 3. The zero-order valence-corrected chi connectivity index (χ0v) is 12.3. The van der Waals surface area contributed by atoms with Crippen LogP contribution in [0.25, 0.3) is 10.4 Å². The van der Waals surface area contributed by atoms with Crippen molar-refractivity contribution in [2.45, 2.75) is 6.42 Å². The second-order valence-corrected chi connectivity index (χ2v) is 5.98. The van der Waals surface area contributed by atoms with Gasteiger partial charge in [-0.05, 0) is 12.0 Å². The monoisotopic (exact) mass is 297 g/mol. The smallest absolute Gasteiger partial charge is 0.231 e. The summed E-state index contributed by atoms with van der Waals surface area (Å²) in [4.78, 5) is 19.3. The average Bonchev–Trinajstić information content (AvgIpc) is 3.17. The van der Waals surface area contributed by atoms with E-state index in [0.29, 0.717) is 11.7 Å². The molecule has 21 heavy (non-hydrogen) atoms. The van der Waals surface area contributed by atoms with Crippen LogP contribution in [0.3, 0.4) is 0 Å². The van der Waals surface area contributed by atoms with Crippen LogP contribution in [0.5, 0.6) is 0 Å². The highest BCUT2D eigenvalue weighted by molar-refractivity contribution is 7.19. The molecular weight excluding hydrogens is 282 g/mol. The van der Waals surface area contributed by atoms with Crippen LogP contribution in [0.4, 0.5) is 5.13 Å². The number of terminal acetylenes is 1. The molecule has 1 N–H and O–H groups in total. The number of amides is 1. The minimum Gasteiger partial charge on any atom is -0.332 e. The molecule has 0 spiro atoms. The molecule has 1 aromatic carbocycles. The summed E-state index contributed by atoms with van der Waals surface area (Å²) in [6.45, 7) is 1.40. The largest absolute Gasteiger partial charge is 0.332 e. The van der Waals surface area contributed by atoms with E-state index in [4.69, 9.17) is 6.42 Å². The maximum atomic E-state index is 12.2. The number of aromatic nitrogens is 1. The quantitative estimate of drug-likeness (QED) is 0.886. The lowest BCUT2D eigenvalue weighted by atomic mass is 10.1. The van der Waals surface area contributed by atoms with E-state index in [-0.39, 0.29) is 11.8 Å². The molecule has 1 atom stereocenters. The summed E-state index contributed by atoms with van der Waals surface area (Å²) >= 11 is 1.48. The topological polar surface area (TPSA) is 45.2 Å². The van der Waals surface area contributed by atoms with Crippen molar-refractivity contribution in [3.8, 4) is 22.9 Å². The van der Waals surface area contributed by atoms with Crippen molar-refractivity contribution in [2.24, 2.45) is 5.92 Å². The first-order valence-corrected chi connectivity index (χ1v) is 7.61. The molecule has 3 rings (SSSR count). The summed E-state index contributed by atoms with van der Waals surface area (Å²) in [6, 6.07) is 12.6. The van der Waals surface area contributed by atoms with Gasteiger partial charge in [-0.3, -0.25) is 4.79 Å². The lowest BCUT2D eigenvalue weighted by molar-refractivity contribution is -0.119. The Morgan fingerprint density at radius 1 is 1.43 bits per heavy atom. The molecular formula is C16H15N3OS. The van der Waals surface area contributed by atoms with Crippen molar-refractivity contribution in [1.82, 2.24) is 9.88 Å². The number of benzene rings is 1. The Balaban J connectivity index is 1.65. The van der Waals surface area contributed by atoms with E-state index < -0.39 is 0 Å². The molecule has 1 aromatic heterocycles. The SMILES string of the molecule is C#CN1CC[C@H](C(=O)Nc2ncc(-c3ccccc3)s2)C1. The van der Waals surface area contributed by atoms with Gasteiger partial charge in [0.05, 0.1) is 10.8 Å². The number of hydrogen-bond donors (Lipinski definition) is 1. The Morgan fingerprint density at radius 3 is 2.95 bits per heavy atom. The lowest BCUT2D eigenvalue weighted by Crippen LogP contribution is -2.25. The number of carbonyl (C=O) groups is 1. The molecule has 2 aromatic rings. The molecule has 1 amide bonds. The van der Waals surface area contributed by atoms with Crippen LogP contribution in [0.1, 0.15) is 6.42 Å². The number of thiazole rings is 1. The molecule has 0 bridgehead atoms. The predicted octanol–water partition coefficient (Wildman–Crippen LogP) is 2.66. The number of anilines is 1. The summed E-state index contributed by atoms with van der Waals surface area (Å²) in [5.41, 5.74) is 1.11. The third-order valence-corrected chi connectivity index (χ3v) is 4.50. The molecule has 0 radical (unpaired) electrons. The van der Waals surface area contributed by atoms with Gasteiger partial charge in [0.2, 0.25) is 5.91 Å². The van der Waals surface area contributed by atoms with Crippen molar-refractivity contribution in [1.29, 1.82) is 0 Å². The van der Waals surface area contributed by atoms with Gasteiger partial charge in [-0.2, -0.15) is 0 Å². The maximum absolute atomic E-state index is 12.2. The zero-order valence-electron chi connectivity index (χ0n) is 11.5. The third kappa shape index (κ3) is 3.06. The van der Waals surface area contributed by atoms with Crippen LogP contribution in [-0.2, 0) is 4.79 Å². The Kier molecular flexibility index (Phi) is 3.89. The molecule has 5 heteroatoms. The third-order valence-electron chi connectivity index (χ3n) is 3.54. The first-order chi connectivity index (χ1) is 10.3. The van der Waals surface area contributed by atoms with Gasteiger partial charge < -0.3 is 10.2 Å². The van der Waals surface area contributed by atoms with Crippen LogP contribution in [0.15, 0.2) is 36.5 Å². The van der Waals surface area contributed by atoms with Crippen LogP contribution < -0.4 is 5.32 Å². The highest BCUT2D eigenvalue weighted by Gasteiger charge is 2.27. The number of nitrogens with zero attached hydrogens (tertiary/aromatic N) is 2. The van der Waals surface area contributed by atoms with E-state index in [0.717, 1.165) is 23.4 Å². The molecule has 1 aliphatic heterocycles. The average molecular weight is 297 g/mol. The fourth-order valence-corrected chi connectivity index (χ4v) is 3.19. The van der Waals surface area contributed by atoms with E-state index in [9.17, 15) is 4.79 Å². The van der Waals surface area contributed by atoms with Crippen LogP contribution in [0.2, 0.25) is 0 Å². The van der Waals surface area contributed by atoms with E-state index in [1.807, 2.05) is 35.2 Å². The van der Waals surface area contributed by atoms with E-state index in [2.05, 4.69) is 16.3 Å². The summed E-state index contributed by atoms with van der Waals surface area (Å²) in [5, 5.41) is 3.53. The Morgan fingerprint density at radius 2 is 2.24 bits per heavy atom. The normalized spacial score (nSPS) is 17.5. The van der Waals surface area contributed by atoms with Crippen molar-refractivity contribution in [3.05, 3.63) is 36.5 Å². The van der Waals surface area contributed by atoms with Gasteiger partial charge in [-0.1, -0.05) is 48.1 Å². The van der Waals surface area contributed by atoms with Gasteiger partial charge >= 0.3 is 0 Å². The molecule has 1 saturated heterocycles. The fourth-order valence-electron chi connectivity index (χ4n) is 2.37. The van der Waals surface area contributed by atoms with Gasteiger partial charge in [-0.15, -0.1) is 0 Å².